The Morgan fingerprint density at radius 3 is 2.52 bits per heavy atom. The maximum Gasteiger partial charge on any atom is 0.317 e. The SMILES string of the molecule is CCN(Cc1ccccc1)C(=O)CNC(=O)N1CCC(c2c[nH]c3ccccc23)CC1. The summed E-state index contributed by atoms with van der Waals surface area (Å²) in [7, 11) is 0. The average Bonchev–Trinajstić information content (AvgIpc) is 3.26. The van der Waals surface area contributed by atoms with Crippen LogP contribution < -0.4 is 5.32 Å². The highest BCUT2D eigenvalue weighted by atomic mass is 16.2. The van der Waals surface area contributed by atoms with E-state index in [1.54, 1.807) is 4.90 Å². The maximum absolute atomic E-state index is 12.6. The molecule has 0 bridgehead atoms. The molecule has 0 unspecified atom stereocenters. The Morgan fingerprint density at radius 2 is 1.77 bits per heavy atom. The molecule has 2 N–H and O–H groups in total. The van der Waals surface area contributed by atoms with Gasteiger partial charge in [0.1, 0.15) is 0 Å². The molecule has 4 rings (SSSR count). The predicted molar refractivity (Wildman–Crippen MR) is 123 cm³/mol. The summed E-state index contributed by atoms with van der Waals surface area (Å²) in [6, 6.07) is 18.1. The van der Waals surface area contributed by atoms with Crippen molar-refractivity contribution in [1.29, 1.82) is 0 Å². The second-order valence-electron chi connectivity index (χ2n) is 8.10. The van der Waals surface area contributed by atoms with Crippen molar-refractivity contribution in [2.75, 3.05) is 26.2 Å². The molecule has 1 saturated heterocycles. The van der Waals surface area contributed by atoms with E-state index in [9.17, 15) is 9.59 Å². The van der Waals surface area contributed by atoms with Gasteiger partial charge in [-0.25, -0.2) is 4.79 Å². The largest absolute Gasteiger partial charge is 0.361 e. The van der Waals surface area contributed by atoms with Gasteiger partial charge < -0.3 is 20.1 Å². The number of amides is 3. The van der Waals surface area contributed by atoms with Crippen LogP contribution in [-0.2, 0) is 11.3 Å². The number of H-pyrrole nitrogens is 1. The molecule has 1 fully saturated rings. The second-order valence-corrected chi connectivity index (χ2v) is 8.10. The number of urea groups is 1. The third kappa shape index (κ3) is 4.90. The van der Waals surface area contributed by atoms with Gasteiger partial charge in [0.25, 0.3) is 0 Å². The third-order valence-electron chi connectivity index (χ3n) is 6.18. The molecule has 0 aliphatic carbocycles. The van der Waals surface area contributed by atoms with E-state index in [4.69, 9.17) is 0 Å². The van der Waals surface area contributed by atoms with E-state index in [1.807, 2.05) is 48.2 Å². The number of likely N-dealkylation sites (tertiary alicyclic amines) is 1. The van der Waals surface area contributed by atoms with Crippen LogP contribution in [0.2, 0.25) is 0 Å². The number of hydrogen-bond donors (Lipinski definition) is 2. The van der Waals surface area contributed by atoms with Crippen LogP contribution in [-0.4, -0.2) is 52.9 Å². The van der Waals surface area contributed by atoms with Gasteiger partial charge in [0.2, 0.25) is 5.91 Å². The average molecular weight is 419 g/mol. The molecular formula is C25H30N4O2. The maximum atomic E-state index is 12.6. The van der Waals surface area contributed by atoms with E-state index in [2.05, 4.69) is 34.7 Å². The van der Waals surface area contributed by atoms with Crippen molar-refractivity contribution in [2.45, 2.75) is 32.2 Å². The third-order valence-corrected chi connectivity index (χ3v) is 6.18. The van der Waals surface area contributed by atoms with Crippen molar-refractivity contribution in [2.24, 2.45) is 0 Å². The Morgan fingerprint density at radius 1 is 1.06 bits per heavy atom. The summed E-state index contributed by atoms with van der Waals surface area (Å²) in [5.41, 5.74) is 3.58. The molecule has 31 heavy (non-hydrogen) atoms. The molecule has 6 heteroatoms. The molecular weight excluding hydrogens is 388 g/mol. The van der Waals surface area contributed by atoms with Crippen LogP contribution in [0.25, 0.3) is 10.9 Å². The van der Waals surface area contributed by atoms with Gasteiger partial charge in [-0.05, 0) is 42.9 Å². The van der Waals surface area contributed by atoms with Crippen molar-refractivity contribution in [3.8, 4) is 0 Å². The zero-order valence-electron chi connectivity index (χ0n) is 18.0. The lowest BCUT2D eigenvalue weighted by molar-refractivity contribution is -0.130. The Balaban J connectivity index is 1.26. The lowest BCUT2D eigenvalue weighted by Crippen LogP contribution is -2.47. The number of carbonyl (C=O) groups is 2. The molecule has 1 aliphatic rings. The molecule has 0 spiro atoms. The standard InChI is InChI=1S/C25H30N4O2/c1-2-28(18-19-8-4-3-5-9-19)24(30)17-27-25(31)29-14-12-20(13-15-29)22-16-26-23-11-7-6-10-21(22)23/h3-11,16,20,26H,2,12-15,17-18H2,1H3,(H,27,31). The highest BCUT2D eigenvalue weighted by Crippen LogP contribution is 2.33. The fourth-order valence-corrected chi connectivity index (χ4v) is 4.38. The van der Waals surface area contributed by atoms with E-state index in [0.717, 1.165) is 23.9 Å². The molecule has 1 aliphatic heterocycles. The second kappa shape index (κ2) is 9.69. The van der Waals surface area contributed by atoms with E-state index in [1.165, 1.54) is 10.9 Å². The summed E-state index contributed by atoms with van der Waals surface area (Å²) in [6.07, 6.45) is 3.96. The van der Waals surface area contributed by atoms with Crippen LogP contribution in [0.3, 0.4) is 0 Å². The number of para-hydroxylation sites is 1. The van der Waals surface area contributed by atoms with Gasteiger partial charge in [-0.2, -0.15) is 0 Å². The van der Waals surface area contributed by atoms with E-state index < -0.39 is 0 Å². The summed E-state index contributed by atoms with van der Waals surface area (Å²) in [6.45, 7) is 4.55. The number of nitrogens with one attached hydrogen (secondary N) is 2. The van der Waals surface area contributed by atoms with Crippen molar-refractivity contribution >= 4 is 22.8 Å². The first kappa shape index (κ1) is 21.0. The number of hydrogen-bond acceptors (Lipinski definition) is 2. The summed E-state index contributed by atoms with van der Waals surface area (Å²) >= 11 is 0. The Hall–Kier alpha value is -3.28. The molecule has 0 saturated carbocycles. The van der Waals surface area contributed by atoms with Crippen LogP contribution >= 0.6 is 0 Å². The van der Waals surface area contributed by atoms with Gasteiger partial charge in [-0.1, -0.05) is 48.5 Å². The van der Waals surface area contributed by atoms with Crippen LogP contribution in [0.15, 0.2) is 60.8 Å². The molecule has 3 amide bonds. The summed E-state index contributed by atoms with van der Waals surface area (Å²) in [5.74, 6) is 0.386. The van der Waals surface area contributed by atoms with Crippen molar-refractivity contribution < 1.29 is 9.59 Å². The summed E-state index contributed by atoms with van der Waals surface area (Å²) in [4.78, 5) is 32.1. The van der Waals surface area contributed by atoms with E-state index >= 15 is 0 Å². The number of likely N-dealkylation sites (N-methyl/N-ethyl adjacent to an activating group) is 1. The number of fused-ring (bicyclic) bond motifs is 1. The predicted octanol–water partition coefficient (Wildman–Crippen LogP) is 4.11. The van der Waals surface area contributed by atoms with E-state index in [-0.39, 0.29) is 18.5 Å². The quantitative estimate of drug-likeness (QED) is 0.633. The minimum Gasteiger partial charge on any atom is -0.361 e. The molecule has 162 valence electrons. The molecule has 0 radical (unpaired) electrons. The molecule has 1 aromatic heterocycles. The molecule has 3 aromatic rings. The van der Waals surface area contributed by atoms with Gasteiger partial charge >= 0.3 is 6.03 Å². The number of aromatic amines is 1. The first-order valence-corrected chi connectivity index (χ1v) is 11.1. The van der Waals surface area contributed by atoms with Crippen molar-refractivity contribution in [3.63, 3.8) is 0 Å². The Bertz CT molecular complexity index is 1020. The first-order chi connectivity index (χ1) is 15.2. The number of nitrogens with zero attached hydrogens (tertiary/aromatic N) is 2. The number of carbonyl (C=O) groups excluding carboxylic acids is 2. The van der Waals surface area contributed by atoms with Gasteiger partial charge in [-0.3, -0.25) is 4.79 Å². The van der Waals surface area contributed by atoms with Crippen molar-refractivity contribution in [1.82, 2.24) is 20.1 Å². The van der Waals surface area contributed by atoms with Gasteiger partial charge in [0.05, 0.1) is 6.54 Å². The fraction of sp³-hybridized carbons (Fsp3) is 0.360. The normalized spacial score (nSPS) is 14.5. The minimum atomic E-state index is -0.151. The molecule has 2 aromatic carbocycles. The monoisotopic (exact) mass is 418 g/mol. The van der Waals surface area contributed by atoms with E-state index in [0.29, 0.717) is 32.1 Å². The fourth-order valence-electron chi connectivity index (χ4n) is 4.38. The first-order valence-electron chi connectivity index (χ1n) is 11.1. The Labute approximate surface area is 183 Å². The van der Waals surface area contributed by atoms with Crippen LogP contribution in [0.5, 0.6) is 0 Å². The highest BCUT2D eigenvalue weighted by molar-refractivity contribution is 5.85. The number of rotatable bonds is 6. The number of piperidine rings is 1. The smallest absolute Gasteiger partial charge is 0.317 e. The summed E-state index contributed by atoms with van der Waals surface area (Å²) < 4.78 is 0. The van der Waals surface area contributed by atoms with Crippen LogP contribution in [0, 0.1) is 0 Å². The lowest BCUT2D eigenvalue weighted by Gasteiger charge is -2.32. The highest BCUT2D eigenvalue weighted by Gasteiger charge is 2.26. The van der Waals surface area contributed by atoms with Crippen molar-refractivity contribution in [3.05, 3.63) is 71.9 Å². The zero-order valence-corrected chi connectivity index (χ0v) is 18.0. The summed E-state index contributed by atoms with van der Waals surface area (Å²) in [5, 5.41) is 4.09. The van der Waals surface area contributed by atoms with Gasteiger partial charge in [0, 0.05) is 43.3 Å². The molecule has 0 atom stereocenters. The number of benzene rings is 2. The van der Waals surface area contributed by atoms with Gasteiger partial charge in [-0.15, -0.1) is 0 Å². The zero-order chi connectivity index (χ0) is 21.6. The van der Waals surface area contributed by atoms with Gasteiger partial charge in [0.15, 0.2) is 0 Å². The lowest BCUT2D eigenvalue weighted by atomic mass is 9.89. The minimum absolute atomic E-state index is 0.0296. The number of aromatic nitrogens is 1. The Kier molecular flexibility index (Phi) is 6.55. The van der Waals surface area contributed by atoms with Crippen LogP contribution in [0.1, 0.15) is 36.8 Å². The molecule has 2 heterocycles. The molecule has 6 nitrogen and oxygen atoms in total. The van der Waals surface area contributed by atoms with Crippen LogP contribution in [0.4, 0.5) is 4.79 Å². The topological polar surface area (TPSA) is 68.4 Å².